The summed E-state index contributed by atoms with van der Waals surface area (Å²) in [5.74, 6) is 1.65. The molecule has 6 nitrogen and oxygen atoms in total. The molecular formula is C22H38IN5O. The van der Waals surface area contributed by atoms with Gasteiger partial charge in [-0.05, 0) is 56.8 Å². The summed E-state index contributed by atoms with van der Waals surface area (Å²) < 4.78 is 0. The number of amides is 1. The third kappa shape index (κ3) is 8.50. The summed E-state index contributed by atoms with van der Waals surface area (Å²) in [5, 5.41) is 6.81. The molecule has 1 aromatic carbocycles. The van der Waals surface area contributed by atoms with Crippen LogP contribution in [0, 0.1) is 5.92 Å². The van der Waals surface area contributed by atoms with Crippen molar-refractivity contribution in [1.82, 2.24) is 20.4 Å². The van der Waals surface area contributed by atoms with Gasteiger partial charge in [-0.2, -0.15) is 0 Å². The minimum absolute atomic E-state index is 0. The largest absolute Gasteiger partial charge is 0.357 e. The zero-order chi connectivity index (χ0) is 20.5. The summed E-state index contributed by atoms with van der Waals surface area (Å²) in [6.45, 7) is 11.4. The smallest absolute Gasteiger partial charge is 0.253 e. The number of aliphatic imine (C=N–C) groups is 1. The van der Waals surface area contributed by atoms with E-state index in [1.807, 2.05) is 24.3 Å². The summed E-state index contributed by atoms with van der Waals surface area (Å²) in [7, 11) is 3.53. The fraction of sp³-hybridized carbons (Fsp3) is 0.636. The molecule has 7 heteroatoms. The normalized spacial score (nSPS) is 18.5. The lowest BCUT2D eigenvalue weighted by Gasteiger charge is -2.35. The highest BCUT2D eigenvalue weighted by Gasteiger charge is 2.20. The van der Waals surface area contributed by atoms with Crippen LogP contribution in [-0.4, -0.2) is 68.0 Å². The second kappa shape index (κ2) is 13.1. The molecule has 1 fully saturated rings. The van der Waals surface area contributed by atoms with Gasteiger partial charge in [-0.3, -0.25) is 9.69 Å². The molecule has 0 aliphatic carbocycles. The van der Waals surface area contributed by atoms with Crippen LogP contribution in [-0.2, 0) is 6.54 Å². The number of likely N-dealkylation sites (tertiary alicyclic amines) is 1. The number of hydrogen-bond acceptors (Lipinski definition) is 3. The van der Waals surface area contributed by atoms with Gasteiger partial charge in [-0.15, -0.1) is 24.0 Å². The van der Waals surface area contributed by atoms with Crippen molar-refractivity contribution < 1.29 is 4.79 Å². The molecule has 1 aliphatic heterocycles. The van der Waals surface area contributed by atoms with Gasteiger partial charge < -0.3 is 15.5 Å². The summed E-state index contributed by atoms with van der Waals surface area (Å²) in [5.41, 5.74) is 1.79. The molecule has 1 aromatic rings. The summed E-state index contributed by atoms with van der Waals surface area (Å²) in [4.78, 5) is 20.8. The number of carbonyl (C=O) groups excluding carboxylic acids is 1. The summed E-state index contributed by atoms with van der Waals surface area (Å²) in [6.07, 6.45) is 2.64. The van der Waals surface area contributed by atoms with Crippen molar-refractivity contribution in [3.05, 3.63) is 35.4 Å². The topological polar surface area (TPSA) is 60.0 Å². The third-order valence-electron chi connectivity index (χ3n) is 5.25. The molecule has 164 valence electrons. The van der Waals surface area contributed by atoms with Gasteiger partial charge >= 0.3 is 0 Å². The molecule has 2 unspecified atom stereocenters. The standard InChI is InChI=1S/C22H37N5O.HI/c1-6-23-22(24-14-18(3)27-13-7-8-17(2)16-27)25-15-19-9-11-20(12-10-19)21(28)26(4)5;/h9-12,17-18H,6-8,13-16H2,1-5H3,(H2,23,24,25);1H. The number of carbonyl (C=O) groups is 1. The van der Waals surface area contributed by atoms with Crippen LogP contribution in [0.1, 0.15) is 49.5 Å². The molecule has 1 amide bonds. The van der Waals surface area contributed by atoms with Gasteiger partial charge in [-0.1, -0.05) is 19.1 Å². The minimum Gasteiger partial charge on any atom is -0.357 e. The Bertz CT molecular complexity index is 647. The molecule has 0 aromatic heterocycles. The van der Waals surface area contributed by atoms with Gasteiger partial charge in [0.1, 0.15) is 0 Å². The van der Waals surface area contributed by atoms with E-state index in [1.165, 1.54) is 25.9 Å². The zero-order valence-corrected chi connectivity index (χ0v) is 20.9. The first-order valence-corrected chi connectivity index (χ1v) is 10.5. The van der Waals surface area contributed by atoms with Gasteiger partial charge in [-0.25, -0.2) is 4.99 Å². The minimum atomic E-state index is 0. The molecule has 1 aliphatic rings. The van der Waals surface area contributed by atoms with Crippen LogP contribution in [0.4, 0.5) is 0 Å². The van der Waals surface area contributed by atoms with Crippen molar-refractivity contribution in [3.8, 4) is 0 Å². The maximum Gasteiger partial charge on any atom is 0.253 e. The Hall–Kier alpha value is -1.35. The number of rotatable bonds is 7. The first kappa shape index (κ1) is 25.7. The summed E-state index contributed by atoms with van der Waals surface area (Å²) >= 11 is 0. The Morgan fingerprint density at radius 1 is 1.28 bits per heavy atom. The van der Waals surface area contributed by atoms with Gasteiger partial charge in [0.25, 0.3) is 5.91 Å². The Kier molecular flexibility index (Phi) is 11.6. The second-order valence-corrected chi connectivity index (χ2v) is 8.06. The molecule has 0 bridgehead atoms. The highest BCUT2D eigenvalue weighted by molar-refractivity contribution is 14.0. The lowest BCUT2D eigenvalue weighted by Crippen LogP contribution is -2.48. The van der Waals surface area contributed by atoms with Gasteiger partial charge in [0.15, 0.2) is 5.96 Å². The predicted octanol–water partition coefficient (Wildman–Crippen LogP) is 3.18. The van der Waals surface area contributed by atoms with Crippen molar-refractivity contribution in [1.29, 1.82) is 0 Å². The number of piperidine rings is 1. The van der Waals surface area contributed by atoms with Crippen molar-refractivity contribution in [2.45, 2.75) is 46.2 Å². The van der Waals surface area contributed by atoms with Crippen LogP contribution in [0.3, 0.4) is 0 Å². The molecule has 2 rings (SSSR count). The Labute approximate surface area is 193 Å². The van der Waals surface area contributed by atoms with Gasteiger partial charge in [0.2, 0.25) is 0 Å². The fourth-order valence-corrected chi connectivity index (χ4v) is 3.52. The first-order valence-electron chi connectivity index (χ1n) is 10.5. The number of halogens is 1. The van der Waals surface area contributed by atoms with Crippen LogP contribution in [0.15, 0.2) is 29.3 Å². The Morgan fingerprint density at radius 3 is 2.55 bits per heavy atom. The van der Waals surface area contributed by atoms with E-state index >= 15 is 0 Å². The van der Waals surface area contributed by atoms with Crippen LogP contribution in [0.5, 0.6) is 0 Å². The van der Waals surface area contributed by atoms with Gasteiger partial charge in [0.05, 0.1) is 6.54 Å². The van der Waals surface area contributed by atoms with E-state index in [2.05, 4.69) is 36.3 Å². The van der Waals surface area contributed by atoms with E-state index in [0.29, 0.717) is 18.2 Å². The molecule has 0 saturated carbocycles. The molecule has 0 spiro atoms. The van der Waals surface area contributed by atoms with Gasteiger partial charge in [0, 0.05) is 45.3 Å². The van der Waals surface area contributed by atoms with Crippen LogP contribution >= 0.6 is 24.0 Å². The number of nitrogens with one attached hydrogen (secondary N) is 2. The SMILES string of the molecule is CCNC(=NCc1ccc(C(=O)N(C)C)cc1)NCC(C)N1CCCC(C)C1.I. The maximum atomic E-state index is 12.0. The fourth-order valence-electron chi connectivity index (χ4n) is 3.52. The number of hydrogen-bond donors (Lipinski definition) is 2. The van der Waals surface area contributed by atoms with E-state index in [1.54, 1.807) is 19.0 Å². The van der Waals surface area contributed by atoms with E-state index in [4.69, 9.17) is 4.99 Å². The average Bonchev–Trinajstić information content (AvgIpc) is 2.69. The maximum absolute atomic E-state index is 12.0. The molecule has 0 radical (unpaired) electrons. The molecule has 2 N–H and O–H groups in total. The zero-order valence-electron chi connectivity index (χ0n) is 18.6. The van der Waals surface area contributed by atoms with Crippen LogP contribution in [0.25, 0.3) is 0 Å². The first-order chi connectivity index (χ1) is 13.4. The molecule has 29 heavy (non-hydrogen) atoms. The van der Waals surface area contributed by atoms with E-state index in [-0.39, 0.29) is 29.9 Å². The highest BCUT2D eigenvalue weighted by Crippen LogP contribution is 2.17. The van der Waals surface area contributed by atoms with Crippen molar-refractivity contribution in [2.24, 2.45) is 10.9 Å². The average molecular weight is 515 g/mol. The highest BCUT2D eigenvalue weighted by atomic mass is 127. The van der Waals surface area contributed by atoms with E-state index in [9.17, 15) is 4.79 Å². The van der Waals surface area contributed by atoms with E-state index in [0.717, 1.165) is 30.5 Å². The molecular weight excluding hydrogens is 477 g/mol. The van der Waals surface area contributed by atoms with Crippen molar-refractivity contribution in [2.75, 3.05) is 40.3 Å². The molecule has 1 heterocycles. The predicted molar refractivity (Wildman–Crippen MR) is 132 cm³/mol. The van der Waals surface area contributed by atoms with E-state index < -0.39 is 0 Å². The number of guanidine groups is 1. The van der Waals surface area contributed by atoms with Crippen molar-refractivity contribution >= 4 is 35.8 Å². The quantitative estimate of drug-likeness (QED) is 0.333. The molecule has 2 atom stereocenters. The number of benzene rings is 1. The number of nitrogens with zero attached hydrogens (tertiary/aromatic N) is 3. The lowest BCUT2D eigenvalue weighted by molar-refractivity contribution is 0.0827. The van der Waals surface area contributed by atoms with Crippen LogP contribution < -0.4 is 10.6 Å². The molecule has 1 saturated heterocycles. The monoisotopic (exact) mass is 515 g/mol. The second-order valence-electron chi connectivity index (χ2n) is 8.06. The summed E-state index contributed by atoms with van der Waals surface area (Å²) in [6, 6.07) is 8.17. The Balaban J connectivity index is 0.00000420. The third-order valence-corrected chi connectivity index (χ3v) is 5.25. The van der Waals surface area contributed by atoms with Crippen LogP contribution in [0.2, 0.25) is 0 Å². The lowest BCUT2D eigenvalue weighted by atomic mass is 9.99. The Morgan fingerprint density at radius 2 is 1.97 bits per heavy atom. The van der Waals surface area contributed by atoms with Crippen molar-refractivity contribution in [3.63, 3.8) is 0 Å².